The first-order valence-corrected chi connectivity index (χ1v) is 7.25. The van der Waals surface area contributed by atoms with Gasteiger partial charge in [0, 0.05) is 39.8 Å². The molecule has 0 spiro atoms. The first-order chi connectivity index (χ1) is 9.60. The highest BCUT2D eigenvalue weighted by Gasteiger charge is 2.18. The Labute approximate surface area is 121 Å². The molecule has 0 unspecified atom stereocenters. The van der Waals surface area contributed by atoms with E-state index in [-0.39, 0.29) is 5.91 Å². The zero-order chi connectivity index (χ0) is 14.5. The third kappa shape index (κ3) is 3.70. The molecule has 110 valence electrons. The fourth-order valence-corrected chi connectivity index (χ4v) is 2.54. The van der Waals surface area contributed by atoms with E-state index in [1.807, 2.05) is 6.07 Å². The van der Waals surface area contributed by atoms with Crippen molar-refractivity contribution in [3.05, 3.63) is 24.0 Å². The van der Waals surface area contributed by atoms with Gasteiger partial charge in [-0.2, -0.15) is 0 Å². The first kappa shape index (κ1) is 14.8. The Morgan fingerprint density at radius 1 is 1.30 bits per heavy atom. The van der Waals surface area contributed by atoms with E-state index in [0.29, 0.717) is 5.69 Å². The summed E-state index contributed by atoms with van der Waals surface area (Å²) in [5.41, 5.74) is 1.57. The lowest BCUT2D eigenvalue weighted by Crippen LogP contribution is -2.47. The number of anilines is 1. The Bertz CT molecular complexity index is 436. The predicted octanol–water partition coefficient (Wildman–Crippen LogP) is 1.22. The SMILES string of the molecule is CNC(=O)c1ccc(N2CCN(CC(C)C)CC2)cn1. The van der Waals surface area contributed by atoms with Gasteiger partial charge in [-0.15, -0.1) is 0 Å². The summed E-state index contributed by atoms with van der Waals surface area (Å²) >= 11 is 0. The van der Waals surface area contributed by atoms with E-state index in [1.165, 1.54) is 6.54 Å². The van der Waals surface area contributed by atoms with Crippen molar-refractivity contribution in [3.63, 3.8) is 0 Å². The van der Waals surface area contributed by atoms with Crippen molar-refractivity contribution in [2.24, 2.45) is 5.92 Å². The minimum absolute atomic E-state index is 0.140. The molecule has 1 amide bonds. The molecule has 5 heteroatoms. The van der Waals surface area contributed by atoms with Crippen LogP contribution in [0.3, 0.4) is 0 Å². The number of aromatic nitrogens is 1. The molecule has 0 aromatic carbocycles. The van der Waals surface area contributed by atoms with Crippen LogP contribution < -0.4 is 10.2 Å². The molecule has 2 heterocycles. The number of piperazine rings is 1. The molecule has 1 aliphatic rings. The van der Waals surface area contributed by atoms with Crippen molar-refractivity contribution < 1.29 is 4.79 Å². The molecule has 2 rings (SSSR count). The highest BCUT2D eigenvalue weighted by Crippen LogP contribution is 2.16. The number of hydrogen-bond acceptors (Lipinski definition) is 4. The summed E-state index contributed by atoms with van der Waals surface area (Å²) in [5.74, 6) is 0.577. The van der Waals surface area contributed by atoms with Crippen molar-refractivity contribution in [2.75, 3.05) is 44.7 Å². The Morgan fingerprint density at radius 3 is 2.50 bits per heavy atom. The Hall–Kier alpha value is -1.62. The minimum Gasteiger partial charge on any atom is -0.368 e. The average Bonchev–Trinajstić information content (AvgIpc) is 2.47. The number of carbonyl (C=O) groups is 1. The molecule has 1 aromatic heterocycles. The molecule has 1 fully saturated rings. The van der Waals surface area contributed by atoms with Gasteiger partial charge >= 0.3 is 0 Å². The fraction of sp³-hybridized carbons (Fsp3) is 0.600. The number of nitrogens with zero attached hydrogens (tertiary/aromatic N) is 3. The molecule has 20 heavy (non-hydrogen) atoms. The lowest BCUT2D eigenvalue weighted by Gasteiger charge is -2.36. The summed E-state index contributed by atoms with van der Waals surface area (Å²) in [4.78, 5) is 20.5. The van der Waals surface area contributed by atoms with Crippen LogP contribution in [0.4, 0.5) is 5.69 Å². The topological polar surface area (TPSA) is 48.5 Å². The van der Waals surface area contributed by atoms with Gasteiger partial charge in [-0.25, -0.2) is 4.98 Å². The monoisotopic (exact) mass is 276 g/mol. The van der Waals surface area contributed by atoms with Crippen LogP contribution in [-0.2, 0) is 0 Å². The van der Waals surface area contributed by atoms with Crippen LogP contribution in [0.5, 0.6) is 0 Å². The Kier molecular flexibility index (Phi) is 4.95. The van der Waals surface area contributed by atoms with Gasteiger partial charge in [0.05, 0.1) is 11.9 Å². The summed E-state index contributed by atoms with van der Waals surface area (Å²) in [6, 6.07) is 3.77. The van der Waals surface area contributed by atoms with Gasteiger partial charge in [-0.05, 0) is 18.1 Å². The Balaban J connectivity index is 1.92. The van der Waals surface area contributed by atoms with Crippen LogP contribution in [0.2, 0.25) is 0 Å². The summed E-state index contributed by atoms with van der Waals surface area (Å²) in [6.45, 7) is 9.91. The molecule has 0 bridgehead atoms. The maximum absolute atomic E-state index is 11.5. The predicted molar refractivity (Wildman–Crippen MR) is 81.1 cm³/mol. The fourth-order valence-electron chi connectivity index (χ4n) is 2.54. The zero-order valence-corrected chi connectivity index (χ0v) is 12.6. The van der Waals surface area contributed by atoms with Gasteiger partial charge in [0.1, 0.15) is 5.69 Å². The second kappa shape index (κ2) is 6.70. The quantitative estimate of drug-likeness (QED) is 0.898. The van der Waals surface area contributed by atoms with Gasteiger partial charge in [0.2, 0.25) is 0 Å². The van der Waals surface area contributed by atoms with Crippen LogP contribution in [0.25, 0.3) is 0 Å². The number of rotatable bonds is 4. The molecule has 5 nitrogen and oxygen atoms in total. The average molecular weight is 276 g/mol. The van der Waals surface area contributed by atoms with Gasteiger partial charge in [-0.3, -0.25) is 9.69 Å². The number of carbonyl (C=O) groups excluding carboxylic acids is 1. The van der Waals surface area contributed by atoms with E-state index in [4.69, 9.17) is 0 Å². The molecule has 1 aliphatic heterocycles. The third-order valence-corrected chi connectivity index (χ3v) is 3.57. The molecular formula is C15H24N4O. The maximum Gasteiger partial charge on any atom is 0.269 e. The van der Waals surface area contributed by atoms with E-state index in [9.17, 15) is 4.79 Å². The molecule has 1 aromatic rings. The minimum atomic E-state index is -0.140. The van der Waals surface area contributed by atoms with E-state index in [0.717, 1.165) is 37.8 Å². The summed E-state index contributed by atoms with van der Waals surface area (Å²) < 4.78 is 0. The lowest BCUT2D eigenvalue weighted by atomic mass is 10.2. The van der Waals surface area contributed by atoms with E-state index < -0.39 is 0 Å². The normalized spacial score (nSPS) is 16.5. The van der Waals surface area contributed by atoms with Gasteiger partial charge in [0.25, 0.3) is 5.91 Å². The van der Waals surface area contributed by atoms with Crippen LogP contribution in [0, 0.1) is 5.92 Å². The largest absolute Gasteiger partial charge is 0.368 e. The van der Waals surface area contributed by atoms with Gasteiger partial charge in [-0.1, -0.05) is 13.8 Å². The number of hydrogen-bond donors (Lipinski definition) is 1. The molecule has 0 saturated carbocycles. The van der Waals surface area contributed by atoms with Crippen molar-refractivity contribution in [1.82, 2.24) is 15.2 Å². The highest BCUT2D eigenvalue weighted by molar-refractivity contribution is 5.92. The molecule has 0 radical (unpaired) electrons. The third-order valence-electron chi connectivity index (χ3n) is 3.57. The van der Waals surface area contributed by atoms with Gasteiger partial charge < -0.3 is 10.2 Å². The zero-order valence-electron chi connectivity index (χ0n) is 12.6. The summed E-state index contributed by atoms with van der Waals surface area (Å²) in [7, 11) is 1.62. The number of nitrogens with one attached hydrogen (secondary N) is 1. The Morgan fingerprint density at radius 2 is 2.00 bits per heavy atom. The van der Waals surface area contributed by atoms with Crippen LogP contribution in [-0.4, -0.2) is 55.6 Å². The number of amides is 1. The maximum atomic E-state index is 11.5. The first-order valence-electron chi connectivity index (χ1n) is 7.25. The number of pyridine rings is 1. The molecule has 0 aliphatic carbocycles. The standard InChI is InChI=1S/C15H24N4O/c1-12(2)11-18-6-8-19(9-7-18)13-4-5-14(17-10-13)15(20)16-3/h4-5,10,12H,6-9,11H2,1-3H3,(H,16,20). The molecule has 1 saturated heterocycles. The second-order valence-corrected chi connectivity index (χ2v) is 5.66. The van der Waals surface area contributed by atoms with E-state index >= 15 is 0 Å². The summed E-state index contributed by atoms with van der Waals surface area (Å²) in [6.07, 6.45) is 1.79. The van der Waals surface area contributed by atoms with E-state index in [2.05, 4.69) is 33.9 Å². The molecular weight excluding hydrogens is 252 g/mol. The highest BCUT2D eigenvalue weighted by atomic mass is 16.1. The van der Waals surface area contributed by atoms with Crippen molar-refractivity contribution in [3.8, 4) is 0 Å². The second-order valence-electron chi connectivity index (χ2n) is 5.66. The van der Waals surface area contributed by atoms with Crippen molar-refractivity contribution >= 4 is 11.6 Å². The van der Waals surface area contributed by atoms with Gasteiger partial charge in [0.15, 0.2) is 0 Å². The van der Waals surface area contributed by atoms with E-state index in [1.54, 1.807) is 19.3 Å². The lowest BCUT2D eigenvalue weighted by molar-refractivity contribution is 0.0958. The van der Waals surface area contributed by atoms with Crippen LogP contribution in [0.15, 0.2) is 18.3 Å². The van der Waals surface area contributed by atoms with Crippen LogP contribution in [0.1, 0.15) is 24.3 Å². The smallest absolute Gasteiger partial charge is 0.269 e. The van der Waals surface area contributed by atoms with Crippen molar-refractivity contribution in [1.29, 1.82) is 0 Å². The van der Waals surface area contributed by atoms with Crippen molar-refractivity contribution in [2.45, 2.75) is 13.8 Å². The molecule has 0 atom stereocenters. The summed E-state index contributed by atoms with van der Waals surface area (Å²) in [5, 5.41) is 2.58. The van der Waals surface area contributed by atoms with Crippen LogP contribution >= 0.6 is 0 Å². The molecule has 1 N–H and O–H groups in total.